The standard InChI is InChI=1S/C11H18N2O3/c1-13(7-8-3-2-6-16-8)11(15)9-4-5-10(14)12-9/h8-9H,2-7H2,1H3,(H,12,14). The van der Waals surface area contributed by atoms with E-state index in [2.05, 4.69) is 5.32 Å². The molecule has 0 aromatic heterocycles. The van der Waals surface area contributed by atoms with E-state index in [1.54, 1.807) is 11.9 Å². The summed E-state index contributed by atoms with van der Waals surface area (Å²) in [5, 5.41) is 2.69. The Balaban J connectivity index is 1.81. The summed E-state index contributed by atoms with van der Waals surface area (Å²) in [4.78, 5) is 24.6. The van der Waals surface area contributed by atoms with Gasteiger partial charge >= 0.3 is 0 Å². The van der Waals surface area contributed by atoms with Crippen molar-refractivity contribution in [1.82, 2.24) is 10.2 Å². The zero-order chi connectivity index (χ0) is 11.5. The quantitative estimate of drug-likeness (QED) is 0.731. The van der Waals surface area contributed by atoms with Crippen molar-refractivity contribution in [1.29, 1.82) is 0 Å². The molecule has 2 aliphatic rings. The summed E-state index contributed by atoms with van der Waals surface area (Å²) in [5.74, 6) is -0.0229. The van der Waals surface area contributed by atoms with E-state index in [4.69, 9.17) is 4.74 Å². The molecule has 2 fully saturated rings. The van der Waals surface area contributed by atoms with E-state index in [0.717, 1.165) is 19.4 Å². The lowest BCUT2D eigenvalue weighted by molar-refractivity contribution is -0.134. The second-order valence-corrected chi connectivity index (χ2v) is 4.51. The van der Waals surface area contributed by atoms with Crippen molar-refractivity contribution in [3.05, 3.63) is 0 Å². The molecule has 2 amide bonds. The number of likely N-dealkylation sites (N-methyl/N-ethyl adjacent to an activating group) is 1. The van der Waals surface area contributed by atoms with Crippen LogP contribution >= 0.6 is 0 Å². The van der Waals surface area contributed by atoms with E-state index in [0.29, 0.717) is 19.4 Å². The smallest absolute Gasteiger partial charge is 0.244 e. The van der Waals surface area contributed by atoms with E-state index in [1.807, 2.05) is 0 Å². The minimum atomic E-state index is -0.320. The van der Waals surface area contributed by atoms with Crippen LogP contribution in [-0.4, -0.2) is 49.1 Å². The zero-order valence-corrected chi connectivity index (χ0v) is 9.57. The van der Waals surface area contributed by atoms with E-state index in [1.165, 1.54) is 0 Å². The number of hydrogen-bond donors (Lipinski definition) is 1. The van der Waals surface area contributed by atoms with E-state index in [9.17, 15) is 9.59 Å². The molecule has 1 N–H and O–H groups in total. The van der Waals surface area contributed by atoms with E-state index in [-0.39, 0.29) is 24.0 Å². The Morgan fingerprint density at radius 1 is 1.56 bits per heavy atom. The van der Waals surface area contributed by atoms with Gasteiger partial charge in [-0.3, -0.25) is 9.59 Å². The molecule has 0 bridgehead atoms. The predicted molar refractivity (Wildman–Crippen MR) is 57.8 cm³/mol. The average molecular weight is 226 g/mol. The minimum Gasteiger partial charge on any atom is -0.376 e. The predicted octanol–water partition coefficient (Wildman–Crippen LogP) is -0.0976. The van der Waals surface area contributed by atoms with Crippen LogP contribution in [0, 0.1) is 0 Å². The Morgan fingerprint density at radius 3 is 2.94 bits per heavy atom. The molecule has 0 aliphatic carbocycles. The van der Waals surface area contributed by atoms with Gasteiger partial charge in [-0.1, -0.05) is 0 Å². The summed E-state index contributed by atoms with van der Waals surface area (Å²) in [6, 6.07) is -0.320. The second kappa shape index (κ2) is 4.82. The first kappa shape index (κ1) is 11.4. The van der Waals surface area contributed by atoms with Crippen LogP contribution in [0.2, 0.25) is 0 Å². The summed E-state index contributed by atoms with van der Waals surface area (Å²) in [6.45, 7) is 1.43. The van der Waals surface area contributed by atoms with E-state index < -0.39 is 0 Å². The molecule has 0 radical (unpaired) electrons. The molecule has 2 heterocycles. The molecule has 2 atom stereocenters. The van der Waals surface area contributed by atoms with Gasteiger partial charge in [0.1, 0.15) is 6.04 Å². The number of rotatable bonds is 3. The monoisotopic (exact) mass is 226 g/mol. The highest BCUT2D eigenvalue weighted by Gasteiger charge is 2.30. The molecule has 0 saturated carbocycles. The van der Waals surface area contributed by atoms with Crippen LogP contribution in [0.15, 0.2) is 0 Å². The summed E-state index contributed by atoms with van der Waals surface area (Å²) in [5.41, 5.74) is 0. The lowest BCUT2D eigenvalue weighted by Crippen LogP contribution is -2.45. The maximum Gasteiger partial charge on any atom is 0.244 e. The van der Waals surface area contributed by atoms with Gasteiger partial charge in [0.25, 0.3) is 0 Å². The van der Waals surface area contributed by atoms with Crippen LogP contribution in [0.25, 0.3) is 0 Å². The van der Waals surface area contributed by atoms with Gasteiger partial charge in [0.05, 0.1) is 6.10 Å². The van der Waals surface area contributed by atoms with Gasteiger partial charge in [0, 0.05) is 26.6 Å². The first-order valence-electron chi connectivity index (χ1n) is 5.83. The first-order valence-corrected chi connectivity index (χ1v) is 5.83. The zero-order valence-electron chi connectivity index (χ0n) is 9.57. The van der Waals surface area contributed by atoms with Gasteiger partial charge in [-0.25, -0.2) is 0 Å². The molecule has 5 heteroatoms. The van der Waals surface area contributed by atoms with Crippen molar-refractivity contribution in [2.24, 2.45) is 0 Å². The van der Waals surface area contributed by atoms with Crippen LogP contribution in [0.4, 0.5) is 0 Å². The van der Waals surface area contributed by atoms with Crippen LogP contribution in [-0.2, 0) is 14.3 Å². The highest BCUT2D eigenvalue weighted by Crippen LogP contribution is 2.14. The molecule has 2 rings (SSSR count). The number of nitrogens with zero attached hydrogens (tertiary/aromatic N) is 1. The second-order valence-electron chi connectivity index (χ2n) is 4.51. The molecular formula is C11H18N2O3. The van der Waals surface area contributed by atoms with Gasteiger partial charge in [0.2, 0.25) is 11.8 Å². The number of carbonyl (C=O) groups excluding carboxylic acids is 2. The fourth-order valence-electron chi connectivity index (χ4n) is 2.25. The third-order valence-electron chi connectivity index (χ3n) is 3.17. The van der Waals surface area contributed by atoms with Gasteiger partial charge in [0.15, 0.2) is 0 Å². The van der Waals surface area contributed by atoms with Crippen molar-refractivity contribution in [3.8, 4) is 0 Å². The van der Waals surface area contributed by atoms with Gasteiger partial charge in [-0.15, -0.1) is 0 Å². The van der Waals surface area contributed by atoms with Crippen LogP contribution < -0.4 is 5.32 Å². The SMILES string of the molecule is CN(CC1CCCO1)C(=O)C1CCC(=O)N1. The summed E-state index contributed by atoms with van der Waals surface area (Å²) < 4.78 is 5.48. The molecule has 5 nitrogen and oxygen atoms in total. The van der Waals surface area contributed by atoms with Crippen molar-refractivity contribution in [3.63, 3.8) is 0 Å². The maximum absolute atomic E-state index is 11.9. The first-order chi connectivity index (χ1) is 7.66. The molecule has 16 heavy (non-hydrogen) atoms. The Labute approximate surface area is 95.1 Å². The van der Waals surface area contributed by atoms with Gasteiger partial charge in [-0.05, 0) is 19.3 Å². The lowest BCUT2D eigenvalue weighted by atomic mass is 10.2. The Hall–Kier alpha value is -1.10. The molecule has 0 spiro atoms. The largest absolute Gasteiger partial charge is 0.376 e. The Bertz CT molecular complexity index is 287. The summed E-state index contributed by atoms with van der Waals surface area (Å²) in [7, 11) is 1.77. The number of ether oxygens (including phenoxy) is 1. The summed E-state index contributed by atoms with van der Waals surface area (Å²) in [6.07, 6.45) is 3.35. The fraction of sp³-hybridized carbons (Fsp3) is 0.818. The lowest BCUT2D eigenvalue weighted by Gasteiger charge is -2.23. The molecular weight excluding hydrogens is 208 g/mol. The van der Waals surface area contributed by atoms with Crippen molar-refractivity contribution in [2.45, 2.75) is 37.8 Å². The summed E-state index contributed by atoms with van der Waals surface area (Å²) >= 11 is 0. The number of amides is 2. The molecule has 2 unspecified atom stereocenters. The third kappa shape index (κ3) is 2.52. The molecule has 90 valence electrons. The highest BCUT2D eigenvalue weighted by atomic mass is 16.5. The molecule has 0 aromatic carbocycles. The van der Waals surface area contributed by atoms with E-state index >= 15 is 0 Å². The van der Waals surface area contributed by atoms with Gasteiger partial charge in [-0.2, -0.15) is 0 Å². The highest BCUT2D eigenvalue weighted by molar-refractivity contribution is 5.90. The third-order valence-corrected chi connectivity index (χ3v) is 3.17. The van der Waals surface area contributed by atoms with Crippen molar-refractivity contribution >= 4 is 11.8 Å². The average Bonchev–Trinajstić information content (AvgIpc) is 2.88. The van der Waals surface area contributed by atoms with Crippen molar-refractivity contribution in [2.75, 3.05) is 20.2 Å². The van der Waals surface area contributed by atoms with Crippen LogP contribution in [0.1, 0.15) is 25.7 Å². The van der Waals surface area contributed by atoms with Crippen LogP contribution in [0.5, 0.6) is 0 Å². The molecule has 0 aromatic rings. The fourth-order valence-corrected chi connectivity index (χ4v) is 2.25. The number of nitrogens with one attached hydrogen (secondary N) is 1. The van der Waals surface area contributed by atoms with Gasteiger partial charge < -0.3 is 15.0 Å². The normalized spacial score (nSPS) is 29.2. The van der Waals surface area contributed by atoms with Crippen LogP contribution in [0.3, 0.4) is 0 Å². The number of hydrogen-bond acceptors (Lipinski definition) is 3. The Kier molecular flexibility index (Phi) is 3.43. The maximum atomic E-state index is 11.9. The minimum absolute atomic E-state index is 0.00125. The van der Waals surface area contributed by atoms with Crippen molar-refractivity contribution < 1.29 is 14.3 Å². The Morgan fingerprint density at radius 2 is 2.38 bits per heavy atom. The molecule has 2 saturated heterocycles. The topological polar surface area (TPSA) is 58.6 Å². The number of carbonyl (C=O) groups is 2. The molecule has 2 aliphatic heterocycles.